The number of carbonyl (C=O) groups is 1. The summed E-state index contributed by atoms with van der Waals surface area (Å²) in [6.45, 7) is 5.70. The van der Waals surface area contributed by atoms with E-state index in [1.165, 1.54) is 0 Å². The van der Waals surface area contributed by atoms with E-state index in [0.717, 1.165) is 3.70 Å². The summed E-state index contributed by atoms with van der Waals surface area (Å²) in [6, 6.07) is 1.84. The minimum absolute atomic E-state index is 0.167. The molecule has 0 radical (unpaired) electrons. The molecule has 14 heavy (non-hydrogen) atoms. The third-order valence-corrected chi connectivity index (χ3v) is 1.89. The van der Waals surface area contributed by atoms with E-state index in [1.807, 2.05) is 26.8 Å². The van der Waals surface area contributed by atoms with Gasteiger partial charge in [0.1, 0.15) is 15.8 Å². The van der Waals surface area contributed by atoms with Crippen LogP contribution in [-0.2, 0) is 16.1 Å². The highest BCUT2D eigenvalue weighted by atomic mass is 127. The molecule has 0 bridgehead atoms. The first kappa shape index (κ1) is 11.5. The highest BCUT2D eigenvalue weighted by molar-refractivity contribution is 14.1. The normalized spacial score (nSPS) is 11.4. The van der Waals surface area contributed by atoms with E-state index in [-0.39, 0.29) is 12.5 Å². The van der Waals surface area contributed by atoms with Gasteiger partial charge < -0.3 is 4.74 Å². The van der Waals surface area contributed by atoms with Gasteiger partial charge in [0.2, 0.25) is 0 Å². The molecule has 0 unspecified atom stereocenters. The first-order chi connectivity index (χ1) is 6.37. The summed E-state index contributed by atoms with van der Waals surface area (Å²) in [5.74, 6) is -0.267. The van der Waals surface area contributed by atoms with Crippen LogP contribution in [0.5, 0.6) is 0 Å². The maximum Gasteiger partial charge on any atom is 0.328 e. The smallest absolute Gasteiger partial charge is 0.328 e. The van der Waals surface area contributed by atoms with Gasteiger partial charge in [-0.15, -0.1) is 0 Å². The molecule has 5 heteroatoms. The van der Waals surface area contributed by atoms with E-state index in [1.54, 1.807) is 10.9 Å². The van der Waals surface area contributed by atoms with Crippen LogP contribution in [0.3, 0.4) is 0 Å². The molecule has 1 heterocycles. The molecule has 0 fully saturated rings. The first-order valence-electron chi connectivity index (χ1n) is 4.27. The zero-order valence-electron chi connectivity index (χ0n) is 8.45. The Bertz CT molecular complexity index is 328. The molecule has 0 aliphatic rings. The van der Waals surface area contributed by atoms with Crippen molar-refractivity contribution in [2.75, 3.05) is 0 Å². The van der Waals surface area contributed by atoms with E-state index >= 15 is 0 Å². The molecule has 1 aromatic heterocycles. The van der Waals surface area contributed by atoms with Crippen LogP contribution in [0.2, 0.25) is 0 Å². The Morgan fingerprint density at radius 1 is 1.64 bits per heavy atom. The van der Waals surface area contributed by atoms with Crippen LogP contribution in [0.1, 0.15) is 20.8 Å². The number of hydrogen-bond acceptors (Lipinski definition) is 3. The Morgan fingerprint density at radius 2 is 2.29 bits per heavy atom. The van der Waals surface area contributed by atoms with Crippen LogP contribution in [0, 0.1) is 3.70 Å². The molecule has 0 saturated carbocycles. The highest BCUT2D eigenvalue weighted by Gasteiger charge is 2.16. The second kappa shape index (κ2) is 4.29. The lowest BCUT2D eigenvalue weighted by Crippen LogP contribution is -2.26. The maximum atomic E-state index is 11.4. The summed E-state index contributed by atoms with van der Waals surface area (Å²) in [5, 5.41) is 4.08. The van der Waals surface area contributed by atoms with Crippen molar-refractivity contribution < 1.29 is 9.53 Å². The van der Waals surface area contributed by atoms with Gasteiger partial charge in [-0.05, 0) is 49.4 Å². The van der Waals surface area contributed by atoms with Crippen molar-refractivity contribution in [3.05, 3.63) is 16.0 Å². The molecular weight excluding hydrogens is 295 g/mol. The highest BCUT2D eigenvalue weighted by Crippen LogP contribution is 2.07. The third kappa shape index (κ3) is 4.08. The van der Waals surface area contributed by atoms with Gasteiger partial charge in [0, 0.05) is 6.20 Å². The van der Waals surface area contributed by atoms with Crippen LogP contribution >= 0.6 is 22.6 Å². The minimum atomic E-state index is -0.433. The number of ether oxygens (including phenoxy) is 1. The topological polar surface area (TPSA) is 44.1 Å². The standard InChI is InChI=1S/C9H13IN2O2/c1-9(2,3)14-8(13)6-12-5-4-7(10)11-12/h4-5H,6H2,1-3H3. The lowest BCUT2D eigenvalue weighted by molar-refractivity contribution is -0.155. The van der Waals surface area contributed by atoms with Crippen molar-refractivity contribution in [2.24, 2.45) is 0 Å². The van der Waals surface area contributed by atoms with Gasteiger partial charge in [-0.25, -0.2) is 0 Å². The number of hydrogen-bond donors (Lipinski definition) is 0. The molecule has 0 aliphatic heterocycles. The zero-order valence-corrected chi connectivity index (χ0v) is 10.6. The van der Waals surface area contributed by atoms with E-state index < -0.39 is 5.60 Å². The van der Waals surface area contributed by atoms with E-state index in [9.17, 15) is 4.79 Å². The number of nitrogens with zero attached hydrogens (tertiary/aromatic N) is 2. The predicted octanol–water partition coefficient (Wildman–Crippen LogP) is 1.83. The molecular formula is C9H13IN2O2. The number of halogens is 1. The quantitative estimate of drug-likeness (QED) is 0.618. The lowest BCUT2D eigenvalue weighted by atomic mass is 10.2. The van der Waals surface area contributed by atoms with Crippen LogP contribution in [0.4, 0.5) is 0 Å². The molecule has 78 valence electrons. The number of rotatable bonds is 2. The maximum absolute atomic E-state index is 11.4. The van der Waals surface area contributed by atoms with Gasteiger partial charge in [0.05, 0.1) is 0 Å². The van der Waals surface area contributed by atoms with Gasteiger partial charge in [-0.3, -0.25) is 9.48 Å². The summed E-state index contributed by atoms with van der Waals surface area (Å²) < 4.78 is 7.58. The second-order valence-corrected chi connectivity index (χ2v) is 5.03. The van der Waals surface area contributed by atoms with E-state index in [2.05, 4.69) is 27.7 Å². The number of esters is 1. The fraction of sp³-hybridized carbons (Fsp3) is 0.556. The molecule has 1 aromatic rings. The van der Waals surface area contributed by atoms with Crippen molar-refractivity contribution in [2.45, 2.75) is 32.9 Å². The van der Waals surface area contributed by atoms with E-state index in [0.29, 0.717) is 0 Å². The van der Waals surface area contributed by atoms with Gasteiger partial charge in [0.15, 0.2) is 0 Å². The monoisotopic (exact) mass is 308 g/mol. The minimum Gasteiger partial charge on any atom is -0.459 e. The summed E-state index contributed by atoms with van der Waals surface area (Å²) in [5.41, 5.74) is -0.433. The molecule has 0 saturated heterocycles. The van der Waals surface area contributed by atoms with Crippen molar-refractivity contribution in [1.82, 2.24) is 9.78 Å². The largest absolute Gasteiger partial charge is 0.459 e. The average Bonchev–Trinajstić information content (AvgIpc) is 2.30. The Morgan fingerprint density at radius 3 is 2.71 bits per heavy atom. The molecule has 0 spiro atoms. The molecule has 1 rings (SSSR count). The van der Waals surface area contributed by atoms with Gasteiger partial charge >= 0.3 is 5.97 Å². The Balaban J connectivity index is 2.50. The lowest BCUT2D eigenvalue weighted by Gasteiger charge is -2.19. The fourth-order valence-corrected chi connectivity index (χ4v) is 1.37. The SMILES string of the molecule is CC(C)(C)OC(=O)Cn1ccc(I)n1. The number of carbonyl (C=O) groups excluding carboxylic acids is 1. The van der Waals surface area contributed by atoms with Crippen molar-refractivity contribution >= 4 is 28.6 Å². The molecule has 0 N–H and O–H groups in total. The van der Waals surface area contributed by atoms with Crippen LogP contribution in [0.25, 0.3) is 0 Å². The first-order valence-corrected chi connectivity index (χ1v) is 5.35. The summed E-state index contributed by atoms with van der Waals surface area (Å²) in [4.78, 5) is 11.4. The van der Waals surface area contributed by atoms with Gasteiger partial charge in [-0.2, -0.15) is 5.10 Å². The molecule has 0 amide bonds. The van der Waals surface area contributed by atoms with Gasteiger partial charge in [-0.1, -0.05) is 0 Å². The third-order valence-electron chi connectivity index (χ3n) is 1.32. The number of aromatic nitrogens is 2. The van der Waals surface area contributed by atoms with Crippen molar-refractivity contribution in [3.8, 4) is 0 Å². The molecule has 0 aliphatic carbocycles. The van der Waals surface area contributed by atoms with Crippen molar-refractivity contribution in [3.63, 3.8) is 0 Å². The van der Waals surface area contributed by atoms with Gasteiger partial charge in [0.25, 0.3) is 0 Å². The summed E-state index contributed by atoms with van der Waals surface area (Å²) >= 11 is 2.09. The zero-order chi connectivity index (χ0) is 10.8. The molecule has 0 atom stereocenters. The van der Waals surface area contributed by atoms with Crippen molar-refractivity contribution in [1.29, 1.82) is 0 Å². The second-order valence-electron chi connectivity index (χ2n) is 3.92. The fourth-order valence-electron chi connectivity index (χ4n) is 0.931. The molecule has 0 aromatic carbocycles. The average molecular weight is 308 g/mol. The van der Waals surface area contributed by atoms with E-state index in [4.69, 9.17) is 4.74 Å². The van der Waals surface area contributed by atoms with Crippen LogP contribution in [0.15, 0.2) is 12.3 Å². The molecule has 4 nitrogen and oxygen atoms in total. The summed E-state index contributed by atoms with van der Waals surface area (Å²) in [6.07, 6.45) is 1.76. The summed E-state index contributed by atoms with van der Waals surface area (Å²) in [7, 11) is 0. The Labute approximate surface area is 96.8 Å². The Kier molecular flexibility index (Phi) is 3.52. The van der Waals surface area contributed by atoms with Crippen LogP contribution in [-0.4, -0.2) is 21.4 Å². The Hall–Kier alpha value is -0.590. The predicted molar refractivity (Wildman–Crippen MR) is 60.8 cm³/mol. The van der Waals surface area contributed by atoms with Crippen LogP contribution < -0.4 is 0 Å².